The number of pyridine rings is 1. The van der Waals surface area contributed by atoms with E-state index >= 15 is 0 Å². The number of amides is 1. The van der Waals surface area contributed by atoms with E-state index in [-0.39, 0.29) is 22.1 Å². The lowest BCUT2D eigenvalue weighted by molar-refractivity contribution is -0.115. The summed E-state index contributed by atoms with van der Waals surface area (Å²) in [5, 5.41) is 4.46. The number of anilines is 1. The minimum atomic E-state index is -3.57. The van der Waals surface area contributed by atoms with Crippen LogP contribution in [-0.2, 0) is 14.8 Å². The van der Waals surface area contributed by atoms with Gasteiger partial charge in [0.1, 0.15) is 0 Å². The molecule has 1 fully saturated rings. The number of fused-ring (bicyclic) bond motifs is 1. The fourth-order valence-corrected chi connectivity index (χ4v) is 6.80. The third-order valence-electron chi connectivity index (χ3n) is 6.46. The van der Waals surface area contributed by atoms with Crippen molar-refractivity contribution in [3.63, 3.8) is 0 Å². The summed E-state index contributed by atoms with van der Waals surface area (Å²) >= 11 is 1.41. The zero-order valence-electron chi connectivity index (χ0n) is 20.7. The highest BCUT2D eigenvalue weighted by molar-refractivity contribution is 8.00. The second-order valence-corrected chi connectivity index (χ2v) is 12.6. The highest BCUT2D eigenvalue weighted by Gasteiger charge is 2.22. The molecular formula is C27H33N3O3S2. The first kappa shape index (κ1) is 25.7. The Labute approximate surface area is 212 Å². The minimum Gasteiger partial charge on any atom is -0.325 e. The highest BCUT2D eigenvalue weighted by Crippen LogP contribution is 2.29. The van der Waals surface area contributed by atoms with Crippen molar-refractivity contribution in [2.45, 2.75) is 81.0 Å². The number of carbonyl (C=O) groups excluding carboxylic acids is 1. The second-order valence-electron chi connectivity index (χ2n) is 9.49. The maximum atomic E-state index is 12.8. The molecule has 1 atom stereocenters. The van der Waals surface area contributed by atoms with Gasteiger partial charge in [-0.05, 0) is 88.1 Å². The quantitative estimate of drug-likeness (QED) is 0.386. The van der Waals surface area contributed by atoms with Gasteiger partial charge in [-0.25, -0.2) is 18.1 Å². The van der Waals surface area contributed by atoms with E-state index < -0.39 is 10.0 Å². The second kappa shape index (κ2) is 10.7. The molecule has 3 aromatic rings. The number of hydrogen-bond donors (Lipinski definition) is 2. The average molecular weight is 512 g/mol. The van der Waals surface area contributed by atoms with Crippen LogP contribution in [-0.4, -0.2) is 30.6 Å². The number of hydrogen-bond acceptors (Lipinski definition) is 5. The Balaban J connectivity index is 1.40. The Kier molecular flexibility index (Phi) is 7.83. The standard InChI is InChI=1S/C27H33N3O3S2/c1-17-14-19(3)26-24(15-17)18(2)16-25(29-26)34-20(4)27(31)28-21-10-12-23(13-11-21)35(32,33)30-22-8-6-5-7-9-22/h10-16,20,22,30H,5-9H2,1-4H3,(H,28,31). The molecule has 0 aliphatic heterocycles. The van der Waals surface area contributed by atoms with E-state index in [0.717, 1.165) is 52.7 Å². The molecular weight excluding hydrogens is 478 g/mol. The predicted molar refractivity (Wildman–Crippen MR) is 144 cm³/mol. The molecule has 0 bridgehead atoms. The van der Waals surface area contributed by atoms with Crippen LogP contribution in [0.1, 0.15) is 55.7 Å². The summed E-state index contributed by atoms with van der Waals surface area (Å²) < 4.78 is 28.2. The summed E-state index contributed by atoms with van der Waals surface area (Å²) in [7, 11) is -3.57. The van der Waals surface area contributed by atoms with E-state index in [9.17, 15) is 13.2 Å². The molecule has 4 rings (SSSR count). The Hall–Kier alpha value is -2.42. The van der Waals surface area contributed by atoms with E-state index in [0.29, 0.717) is 5.69 Å². The van der Waals surface area contributed by atoms with Crippen LogP contribution in [0.2, 0.25) is 0 Å². The zero-order chi connectivity index (χ0) is 25.2. The van der Waals surface area contributed by atoms with Gasteiger partial charge in [0, 0.05) is 17.1 Å². The summed E-state index contributed by atoms with van der Waals surface area (Å²) in [5.74, 6) is -0.161. The molecule has 2 aromatic carbocycles. The molecule has 1 amide bonds. The van der Waals surface area contributed by atoms with Gasteiger partial charge < -0.3 is 5.32 Å². The van der Waals surface area contributed by atoms with Gasteiger partial charge in [-0.3, -0.25) is 4.79 Å². The lowest BCUT2D eigenvalue weighted by Gasteiger charge is -2.22. The van der Waals surface area contributed by atoms with Crippen LogP contribution < -0.4 is 10.0 Å². The Morgan fingerprint density at radius 1 is 1.00 bits per heavy atom. The summed E-state index contributed by atoms with van der Waals surface area (Å²) in [6.45, 7) is 8.05. The van der Waals surface area contributed by atoms with Gasteiger partial charge in [0.05, 0.1) is 20.7 Å². The first-order valence-corrected chi connectivity index (χ1v) is 14.5. The van der Waals surface area contributed by atoms with Gasteiger partial charge in [-0.2, -0.15) is 0 Å². The van der Waals surface area contributed by atoms with E-state index in [1.165, 1.54) is 35.9 Å². The Morgan fingerprint density at radius 2 is 1.69 bits per heavy atom. The fourth-order valence-electron chi connectivity index (χ4n) is 4.58. The lowest BCUT2D eigenvalue weighted by Crippen LogP contribution is -2.36. The molecule has 8 heteroatoms. The molecule has 6 nitrogen and oxygen atoms in total. The van der Waals surface area contributed by atoms with Crippen molar-refractivity contribution >= 4 is 44.3 Å². The average Bonchev–Trinajstić information content (AvgIpc) is 2.80. The van der Waals surface area contributed by atoms with Crippen molar-refractivity contribution in [2.24, 2.45) is 0 Å². The summed E-state index contributed by atoms with van der Waals surface area (Å²) in [6.07, 6.45) is 5.05. The summed E-state index contributed by atoms with van der Waals surface area (Å²) in [6, 6.07) is 12.6. The van der Waals surface area contributed by atoms with Crippen LogP contribution in [0.25, 0.3) is 10.9 Å². The molecule has 186 valence electrons. The van der Waals surface area contributed by atoms with Gasteiger partial charge in [0.15, 0.2) is 0 Å². The van der Waals surface area contributed by atoms with E-state index in [2.05, 4.69) is 42.9 Å². The maximum absolute atomic E-state index is 12.8. The molecule has 0 saturated heterocycles. The van der Waals surface area contributed by atoms with Crippen LogP contribution in [0.15, 0.2) is 52.4 Å². The van der Waals surface area contributed by atoms with Crippen LogP contribution in [0.4, 0.5) is 5.69 Å². The monoisotopic (exact) mass is 511 g/mol. The molecule has 1 heterocycles. The third kappa shape index (κ3) is 6.23. The number of nitrogens with zero attached hydrogens (tertiary/aromatic N) is 1. The molecule has 2 N–H and O–H groups in total. The van der Waals surface area contributed by atoms with Crippen LogP contribution in [0.5, 0.6) is 0 Å². The summed E-state index contributed by atoms with van der Waals surface area (Å²) in [4.78, 5) is 17.8. The first-order valence-electron chi connectivity index (χ1n) is 12.1. The van der Waals surface area contributed by atoms with Crippen molar-refractivity contribution in [1.29, 1.82) is 0 Å². The third-order valence-corrected chi connectivity index (χ3v) is 9.01. The molecule has 0 radical (unpaired) electrons. The molecule has 1 unspecified atom stereocenters. The molecule has 35 heavy (non-hydrogen) atoms. The topological polar surface area (TPSA) is 88.2 Å². The van der Waals surface area contributed by atoms with Gasteiger partial charge in [0.25, 0.3) is 0 Å². The SMILES string of the molecule is Cc1cc(C)c2nc(SC(C)C(=O)Nc3ccc(S(=O)(=O)NC4CCCCC4)cc3)cc(C)c2c1. The normalized spacial score (nSPS) is 15.8. The van der Waals surface area contributed by atoms with E-state index in [4.69, 9.17) is 4.98 Å². The number of rotatable bonds is 7. The van der Waals surface area contributed by atoms with Crippen LogP contribution in [0.3, 0.4) is 0 Å². The van der Waals surface area contributed by atoms with E-state index in [1.807, 2.05) is 13.0 Å². The smallest absolute Gasteiger partial charge is 0.240 e. The highest BCUT2D eigenvalue weighted by atomic mass is 32.2. The largest absolute Gasteiger partial charge is 0.325 e. The predicted octanol–water partition coefficient (Wildman–Crippen LogP) is 5.89. The fraction of sp³-hybridized carbons (Fsp3) is 0.407. The van der Waals surface area contributed by atoms with Crippen molar-refractivity contribution < 1.29 is 13.2 Å². The minimum absolute atomic E-state index is 0.00571. The number of thioether (sulfide) groups is 1. The lowest BCUT2D eigenvalue weighted by atomic mass is 9.96. The first-order chi connectivity index (χ1) is 16.6. The summed E-state index contributed by atoms with van der Waals surface area (Å²) in [5.41, 5.74) is 4.99. The molecule has 1 aliphatic carbocycles. The number of nitrogens with one attached hydrogen (secondary N) is 2. The molecule has 1 saturated carbocycles. The van der Waals surface area contributed by atoms with Crippen LogP contribution >= 0.6 is 11.8 Å². The van der Waals surface area contributed by atoms with Gasteiger partial charge >= 0.3 is 0 Å². The number of carbonyl (C=O) groups is 1. The molecule has 1 aliphatic rings. The van der Waals surface area contributed by atoms with Crippen molar-refractivity contribution in [3.05, 3.63) is 59.2 Å². The molecule has 1 aromatic heterocycles. The van der Waals surface area contributed by atoms with E-state index in [1.54, 1.807) is 12.1 Å². The van der Waals surface area contributed by atoms with Crippen molar-refractivity contribution in [2.75, 3.05) is 5.32 Å². The maximum Gasteiger partial charge on any atom is 0.240 e. The molecule has 0 spiro atoms. The van der Waals surface area contributed by atoms with Crippen molar-refractivity contribution in [1.82, 2.24) is 9.71 Å². The Bertz CT molecular complexity index is 1330. The van der Waals surface area contributed by atoms with Crippen LogP contribution in [0, 0.1) is 20.8 Å². The number of aryl methyl sites for hydroxylation is 3. The van der Waals surface area contributed by atoms with Gasteiger partial charge in [0.2, 0.25) is 15.9 Å². The van der Waals surface area contributed by atoms with Gasteiger partial charge in [-0.1, -0.05) is 42.7 Å². The number of benzene rings is 2. The Morgan fingerprint density at radius 3 is 2.37 bits per heavy atom. The van der Waals surface area contributed by atoms with Crippen molar-refractivity contribution in [3.8, 4) is 0 Å². The number of aromatic nitrogens is 1. The van der Waals surface area contributed by atoms with Gasteiger partial charge in [-0.15, -0.1) is 0 Å². The number of sulfonamides is 1. The zero-order valence-corrected chi connectivity index (χ0v) is 22.4.